The predicted octanol–water partition coefficient (Wildman–Crippen LogP) is 1.23. The van der Waals surface area contributed by atoms with Crippen molar-refractivity contribution in [2.75, 3.05) is 45.8 Å². The fourth-order valence-electron chi connectivity index (χ4n) is 5.50. The van der Waals surface area contributed by atoms with E-state index in [1.165, 1.54) is 30.6 Å². The monoisotopic (exact) mass is 434 g/mol. The van der Waals surface area contributed by atoms with Gasteiger partial charge in [-0.05, 0) is 55.7 Å². The summed E-state index contributed by atoms with van der Waals surface area (Å²) in [4.78, 5) is 16.6. The Kier molecular flexibility index (Phi) is 6.51. The highest BCUT2D eigenvalue weighted by atomic mass is 32.2. The lowest BCUT2D eigenvalue weighted by Gasteiger charge is -2.41. The Bertz CT molecular complexity index is 878. The number of rotatable bonds is 4. The number of nitrogens with zero attached hydrogens (tertiary/aromatic N) is 2. The van der Waals surface area contributed by atoms with E-state index in [0.29, 0.717) is 43.5 Å². The highest BCUT2D eigenvalue weighted by Crippen LogP contribution is 2.35. The van der Waals surface area contributed by atoms with Crippen molar-refractivity contribution in [1.82, 2.24) is 9.21 Å². The fraction of sp³-hybridized carbons (Fsp3) is 0.696. The normalized spacial score (nSPS) is 26.4. The third kappa shape index (κ3) is 4.58. The maximum Gasteiger partial charge on any atom is 0.277 e. The number of carbonyl (C=O) groups is 1. The van der Waals surface area contributed by atoms with Gasteiger partial charge in [-0.1, -0.05) is 31.4 Å². The van der Waals surface area contributed by atoms with E-state index in [-0.39, 0.29) is 5.91 Å². The lowest BCUT2D eigenvalue weighted by molar-refractivity contribution is -0.896. The van der Waals surface area contributed by atoms with Crippen molar-refractivity contribution in [2.45, 2.75) is 50.8 Å². The van der Waals surface area contributed by atoms with E-state index in [1.54, 1.807) is 10.4 Å². The average Bonchev–Trinajstić information content (AvgIpc) is 2.75. The Morgan fingerprint density at radius 1 is 1.03 bits per heavy atom. The molecule has 0 spiro atoms. The second-order valence-electron chi connectivity index (χ2n) is 9.53. The van der Waals surface area contributed by atoms with E-state index in [4.69, 9.17) is 0 Å². The number of fused-ring (bicyclic) bond motifs is 1. The summed E-state index contributed by atoms with van der Waals surface area (Å²) < 4.78 is 27.8. The molecular formula is C23H36N3O3S+. The van der Waals surface area contributed by atoms with Crippen LogP contribution in [0.15, 0.2) is 23.1 Å². The molecule has 3 aliphatic rings. The number of carbonyl (C=O) groups excluding carboxylic acids is 1. The van der Waals surface area contributed by atoms with Gasteiger partial charge in [0.05, 0.1) is 31.1 Å². The van der Waals surface area contributed by atoms with E-state index in [2.05, 4.69) is 4.90 Å². The SMILES string of the molecule is Cc1ccc(C)c(S(=O)(=O)N2CC[NH+](CC(=O)N3CC[C@H]4CCCC[C@H]4C3)CC2)c1. The van der Waals surface area contributed by atoms with Crippen molar-refractivity contribution < 1.29 is 18.1 Å². The number of quaternary nitrogens is 1. The number of hydrogen-bond donors (Lipinski definition) is 1. The van der Waals surface area contributed by atoms with E-state index in [9.17, 15) is 13.2 Å². The summed E-state index contributed by atoms with van der Waals surface area (Å²) in [5, 5.41) is 0. The first-order valence-corrected chi connectivity index (χ1v) is 13.0. The van der Waals surface area contributed by atoms with Gasteiger partial charge in [0, 0.05) is 13.1 Å². The lowest BCUT2D eigenvalue weighted by Crippen LogP contribution is -3.15. The van der Waals surface area contributed by atoms with Gasteiger partial charge < -0.3 is 9.80 Å². The van der Waals surface area contributed by atoms with Crippen LogP contribution in [0.5, 0.6) is 0 Å². The molecule has 2 atom stereocenters. The first-order chi connectivity index (χ1) is 14.3. The van der Waals surface area contributed by atoms with Crippen molar-refractivity contribution in [2.24, 2.45) is 11.8 Å². The third-order valence-electron chi connectivity index (χ3n) is 7.44. The Morgan fingerprint density at radius 3 is 2.47 bits per heavy atom. The second-order valence-corrected chi connectivity index (χ2v) is 11.4. The zero-order valence-electron chi connectivity index (χ0n) is 18.4. The molecule has 7 heteroatoms. The van der Waals surface area contributed by atoms with E-state index < -0.39 is 10.0 Å². The van der Waals surface area contributed by atoms with Gasteiger partial charge in [0.25, 0.3) is 5.91 Å². The third-order valence-corrected chi connectivity index (χ3v) is 9.48. The average molecular weight is 435 g/mol. The first-order valence-electron chi connectivity index (χ1n) is 11.5. The molecular weight excluding hydrogens is 398 g/mol. The van der Waals surface area contributed by atoms with Crippen LogP contribution in [0.4, 0.5) is 0 Å². The molecule has 1 saturated carbocycles. The molecule has 1 amide bonds. The van der Waals surface area contributed by atoms with E-state index >= 15 is 0 Å². The number of nitrogens with one attached hydrogen (secondary N) is 1. The lowest BCUT2D eigenvalue weighted by atomic mass is 9.75. The number of hydrogen-bond acceptors (Lipinski definition) is 3. The molecule has 2 saturated heterocycles. The van der Waals surface area contributed by atoms with E-state index in [1.807, 2.05) is 26.0 Å². The molecule has 2 aliphatic heterocycles. The molecule has 3 fully saturated rings. The van der Waals surface area contributed by atoms with Gasteiger partial charge in [-0.15, -0.1) is 0 Å². The zero-order valence-corrected chi connectivity index (χ0v) is 19.2. The molecule has 1 aromatic carbocycles. The summed E-state index contributed by atoms with van der Waals surface area (Å²) in [5.74, 6) is 1.78. The molecule has 1 N–H and O–H groups in total. The van der Waals surface area contributed by atoms with Crippen molar-refractivity contribution in [3.05, 3.63) is 29.3 Å². The quantitative estimate of drug-likeness (QED) is 0.775. The van der Waals surface area contributed by atoms with Gasteiger partial charge in [-0.3, -0.25) is 4.79 Å². The molecule has 2 heterocycles. The van der Waals surface area contributed by atoms with Crippen molar-refractivity contribution >= 4 is 15.9 Å². The molecule has 0 aromatic heterocycles. The number of amides is 1. The Labute approximate surface area is 181 Å². The van der Waals surface area contributed by atoms with Gasteiger partial charge >= 0.3 is 0 Å². The molecule has 4 rings (SSSR count). The minimum Gasteiger partial charge on any atom is -0.338 e. The summed E-state index contributed by atoms with van der Waals surface area (Å²) in [6, 6.07) is 5.58. The standard InChI is InChI=1S/C23H35N3O3S/c1-18-7-8-19(2)22(15-18)30(28,29)26-13-11-24(12-14-26)17-23(27)25-10-9-20-5-3-4-6-21(20)16-25/h7-8,15,20-21H,3-6,9-14,16-17H2,1-2H3/p+1/t20-,21+/m1/s1. The topological polar surface area (TPSA) is 62.1 Å². The number of piperazine rings is 1. The summed E-state index contributed by atoms with van der Waals surface area (Å²) in [7, 11) is -3.48. The van der Waals surface area contributed by atoms with E-state index in [0.717, 1.165) is 36.6 Å². The fourth-order valence-corrected chi connectivity index (χ4v) is 7.25. The summed E-state index contributed by atoms with van der Waals surface area (Å²) in [6.07, 6.45) is 6.44. The molecule has 0 radical (unpaired) electrons. The number of likely N-dealkylation sites (tertiary alicyclic amines) is 1. The summed E-state index contributed by atoms with van der Waals surface area (Å²) >= 11 is 0. The number of piperidine rings is 1. The molecule has 0 unspecified atom stereocenters. The molecule has 1 aromatic rings. The number of aryl methyl sites for hydroxylation is 2. The van der Waals surface area contributed by atoms with Gasteiger partial charge in [-0.25, -0.2) is 8.42 Å². The smallest absolute Gasteiger partial charge is 0.277 e. The largest absolute Gasteiger partial charge is 0.338 e. The van der Waals surface area contributed by atoms with Crippen LogP contribution in [0.3, 0.4) is 0 Å². The first kappa shape index (κ1) is 21.8. The van der Waals surface area contributed by atoms with Crippen LogP contribution < -0.4 is 4.90 Å². The maximum atomic E-state index is 13.1. The molecule has 166 valence electrons. The molecule has 30 heavy (non-hydrogen) atoms. The molecule has 6 nitrogen and oxygen atoms in total. The van der Waals surface area contributed by atoms with Crippen LogP contribution in [0.1, 0.15) is 43.2 Å². The van der Waals surface area contributed by atoms with Crippen LogP contribution >= 0.6 is 0 Å². The van der Waals surface area contributed by atoms with Crippen LogP contribution in [-0.4, -0.2) is 69.3 Å². The van der Waals surface area contributed by atoms with Crippen molar-refractivity contribution in [3.63, 3.8) is 0 Å². The van der Waals surface area contributed by atoms with Crippen molar-refractivity contribution in [3.8, 4) is 0 Å². The Morgan fingerprint density at radius 2 is 1.73 bits per heavy atom. The number of benzene rings is 1. The Balaban J connectivity index is 1.31. The number of sulfonamides is 1. The summed E-state index contributed by atoms with van der Waals surface area (Å²) in [5.41, 5.74) is 1.74. The minimum atomic E-state index is -3.48. The van der Waals surface area contributed by atoms with Crippen LogP contribution in [0, 0.1) is 25.7 Å². The molecule has 0 bridgehead atoms. The van der Waals surface area contributed by atoms with Gasteiger partial charge in [-0.2, -0.15) is 4.31 Å². The van der Waals surface area contributed by atoms with Crippen LogP contribution in [0.25, 0.3) is 0 Å². The molecule has 1 aliphatic carbocycles. The van der Waals surface area contributed by atoms with Gasteiger partial charge in [0.1, 0.15) is 0 Å². The second kappa shape index (κ2) is 8.97. The van der Waals surface area contributed by atoms with Crippen LogP contribution in [-0.2, 0) is 14.8 Å². The highest BCUT2D eigenvalue weighted by Gasteiger charge is 2.36. The van der Waals surface area contributed by atoms with Gasteiger partial charge in [0.15, 0.2) is 6.54 Å². The zero-order chi connectivity index (χ0) is 21.3. The Hall–Kier alpha value is -1.44. The van der Waals surface area contributed by atoms with Crippen molar-refractivity contribution in [1.29, 1.82) is 0 Å². The predicted molar refractivity (Wildman–Crippen MR) is 117 cm³/mol. The minimum absolute atomic E-state index is 0.250. The highest BCUT2D eigenvalue weighted by molar-refractivity contribution is 7.89. The summed E-state index contributed by atoms with van der Waals surface area (Å²) in [6.45, 7) is 8.43. The van der Waals surface area contributed by atoms with Gasteiger partial charge in [0.2, 0.25) is 10.0 Å². The maximum absolute atomic E-state index is 13.1. The van der Waals surface area contributed by atoms with Crippen LogP contribution in [0.2, 0.25) is 0 Å².